The van der Waals surface area contributed by atoms with E-state index in [0.717, 1.165) is 17.2 Å². The number of alkyl halides is 2. The number of phenols is 1. The number of nitrogen functional groups attached to an aromatic ring is 1. The van der Waals surface area contributed by atoms with Crippen LogP contribution in [0.1, 0.15) is 16.7 Å². The second-order valence-electron chi connectivity index (χ2n) is 6.73. The predicted octanol–water partition coefficient (Wildman–Crippen LogP) is 4.87. The maximum Gasteiger partial charge on any atom is 0.296 e. The molecule has 0 aliphatic rings. The van der Waals surface area contributed by atoms with Gasteiger partial charge < -0.3 is 24.7 Å². The third kappa shape index (κ3) is 3.23. The Hall–Kier alpha value is -3.56. The first-order valence-electron chi connectivity index (χ1n) is 8.87. The van der Waals surface area contributed by atoms with E-state index in [0.29, 0.717) is 16.5 Å². The van der Waals surface area contributed by atoms with Crippen LogP contribution in [0.25, 0.3) is 22.3 Å². The zero-order valence-electron chi connectivity index (χ0n) is 16.7. The zero-order chi connectivity index (χ0) is 22.3. The standard InChI is InChI=1S/C20H20F2N2O6/c1-8-9(2)16(25)14-17(10(8)3)30-19(20(14)28-4)11-5-6-12(24(26)27)15(23)18(11)29-7-13(21)22/h5-6,13,25H,7,23H2,1-4H3. The van der Waals surface area contributed by atoms with Gasteiger partial charge in [-0.15, -0.1) is 0 Å². The van der Waals surface area contributed by atoms with Crippen LogP contribution in [0.3, 0.4) is 0 Å². The van der Waals surface area contributed by atoms with Crippen LogP contribution in [-0.2, 0) is 0 Å². The number of halogens is 2. The summed E-state index contributed by atoms with van der Waals surface area (Å²) in [7, 11) is 1.35. The Balaban J connectivity index is 2.37. The van der Waals surface area contributed by atoms with Crippen molar-refractivity contribution in [2.45, 2.75) is 27.2 Å². The average Bonchev–Trinajstić information content (AvgIpc) is 3.08. The number of benzene rings is 2. The molecule has 0 radical (unpaired) electrons. The zero-order valence-corrected chi connectivity index (χ0v) is 16.7. The molecule has 3 rings (SSSR count). The normalized spacial score (nSPS) is 11.3. The second-order valence-corrected chi connectivity index (χ2v) is 6.73. The van der Waals surface area contributed by atoms with Crippen LogP contribution in [-0.4, -0.2) is 30.2 Å². The lowest BCUT2D eigenvalue weighted by Gasteiger charge is -2.13. The molecular formula is C20H20F2N2O6. The van der Waals surface area contributed by atoms with Crippen molar-refractivity contribution in [1.82, 2.24) is 0 Å². The van der Waals surface area contributed by atoms with Gasteiger partial charge in [0.25, 0.3) is 12.1 Å². The molecule has 3 N–H and O–H groups in total. The molecule has 0 amide bonds. The molecule has 8 nitrogen and oxygen atoms in total. The third-order valence-electron chi connectivity index (χ3n) is 5.09. The number of fused-ring (bicyclic) bond motifs is 1. The SMILES string of the molecule is COc1c(-c2ccc([N+](=O)[O-])c(N)c2OCC(F)F)oc2c(C)c(C)c(C)c(O)c12. The maximum absolute atomic E-state index is 12.8. The van der Waals surface area contributed by atoms with Gasteiger partial charge in [-0.3, -0.25) is 10.1 Å². The second kappa shape index (κ2) is 7.69. The van der Waals surface area contributed by atoms with E-state index in [-0.39, 0.29) is 28.6 Å². The van der Waals surface area contributed by atoms with E-state index in [1.807, 2.05) is 6.92 Å². The number of phenolic OH excluding ortho intramolecular Hbond substituents is 1. The molecule has 0 fully saturated rings. The quantitative estimate of drug-likeness (QED) is 0.330. The summed E-state index contributed by atoms with van der Waals surface area (Å²) in [6.45, 7) is 4.34. The molecule has 0 unspecified atom stereocenters. The molecule has 3 aromatic rings. The molecule has 1 aromatic heterocycles. The summed E-state index contributed by atoms with van der Waals surface area (Å²) >= 11 is 0. The van der Waals surface area contributed by atoms with Crippen LogP contribution in [0.15, 0.2) is 16.5 Å². The van der Waals surface area contributed by atoms with Gasteiger partial charge in [-0.05, 0) is 43.5 Å². The van der Waals surface area contributed by atoms with Crippen molar-refractivity contribution in [3.05, 3.63) is 38.9 Å². The summed E-state index contributed by atoms with van der Waals surface area (Å²) < 4.78 is 42.1. The molecule has 0 bridgehead atoms. The van der Waals surface area contributed by atoms with Gasteiger partial charge in [0.15, 0.2) is 22.9 Å². The van der Waals surface area contributed by atoms with Crippen molar-refractivity contribution in [1.29, 1.82) is 0 Å². The van der Waals surface area contributed by atoms with E-state index in [1.54, 1.807) is 13.8 Å². The van der Waals surface area contributed by atoms with Crippen molar-refractivity contribution in [3.8, 4) is 28.6 Å². The number of hydrogen-bond acceptors (Lipinski definition) is 7. The largest absolute Gasteiger partial charge is 0.507 e. The number of furan rings is 1. The van der Waals surface area contributed by atoms with Crippen LogP contribution in [0.2, 0.25) is 0 Å². The highest BCUT2D eigenvalue weighted by atomic mass is 19.3. The van der Waals surface area contributed by atoms with Gasteiger partial charge in [-0.25, -0.2) is 8.78 Å². The highest BCUT2D eigenvalue weighted by Crippen LogP contribution is 2.51. The molecule has 2 aromatic carbocycles. The number of rotatable bonds is 6. The average molecular weight is 422 g/mol. The minimum Gasteiger partial charge on any atom is -0.507 e. The monoisotopic (exact) mass is 422 g/mol. The Morgan fingerprint density at radius 1 is 1.20 bits per heavy atom. The third-order valence-corrected chi connectivity index (χ3v) is 5.09. The smallest absolute Gasteiger partial charge is 0.296 e. The fourth-order valence-corrected chi connectivity index (χ4v) is 3.31. The predicted molar refractivity (Wildman–Crippen MR) is 107 cm³/mol. The van der Waals surface area contributed by atoms with Gasteiger partial charge in [0.1, 0.15) is 23.3 Å². The van der Waals surface area contributed by atoms with E-state index in [4.69, 9.17) is 19.6 Å². The Labute approximate surface area is 169 Å². The van der Waals surface area contributed by atoms with E-state index in [1.165, 1.54) is 13.2 Å². The first-order valence-corrected chi connectivity index (χ1v) is 8.87. The number of nitrogens with zero attached hydrogens (tertiary/aromatic N) is 1. The van der Waals surface area contributed by atoms with Crippen molar-refractivity contribution in [2.24, 2.45) is 0 Å². The van der Waals surface area contributed by atoms with Gasteiger partial charge >= 0.3 is 0 Å². The van der Waals surface area contributed by atoms with Crippen molar-refractivity contribution in [2.75, 3.05) is 19.5 Å². The summed E-state index contributed by atoms with van der Waals surface area (Å²) in [5.41, 5.74) is 7.54. The highest BCUT2D eigenvalue weighted by molar-refractivity contribution is 6.00. The number of anilines is 1. The number of hydrogen-bond donors (Lipinski definition) is 2. The van der Waals surface area contributed by atoms with Crippen molar-refractivity contribution >= 4 is 22.3 Å². The van der Waals surface area contributed by atoms with Gasteiger partial charge in [0.2, 0.25) is 0 Å². The molecular weight excluding hydrogens is 402 g/mol. The van der Waals surface area contributed by atoms with Crippen LogP contribution in [0, 0.1) is 30.9 Å². The summed E-state index contributed by atoms with van der Waals surface area (Å²) in [6, 6.07) is 2.40. The Morgan fingerprint density at radius 3 is 2.43 bits per heavy atom. The van der Waals surface area contributed by atoms with Crippen LogP contribution in [0.5, 0.6) is 17.2 Å². The number of nitro groups is 1. The number of ether oxygens (including phenoxy) is 2. The Kier molecular flexibility index (Phi) is 5.43. The minimum absolute atomic E-state index is 0.0433. The molecule has 0 atom stereocenters. The molecule has 0 aliphatic heterocycles. The fraction of sp³-hybridized carbons (Fsp3) is 0.300. The lowest BCUT2D eigenvalue weighted by molar-refractivity contribution is -0.384. The number of nitrogens with two attached hydrogens (primary N) is 1. The molecule has 0 spiro atoms. The van der Waals surface area contributed by atoms with Gasteiger partial charge in [0, 0.05) is 6.07 Å². The van der Waals surface area contributed by atoms with E-state index < -0.39 is 29.3 Å². The summed E-state index contributed by atoms with van der Waals surface area (Å²) in [6.07, 6.45) is -2.83. The first-order chi connectivity index (χ1) is 14.1. The summed E-state index contributed by atoms with van der Waals surface area (Å²) in [5, 5.41) is 22.2. The Morgan fingerprint density at radius 2 is 1.87 bits per heavy atom. The molecule has 160 valence electrons. The maximum atomic E-state index is 12.8. The molecule has 1 heterocycles. The first kappa shape index (κ1) is 21.2. The van der Waals surface area contributed by atoms with E-state index >= 15 is 0 Å². The van der Waals surface area contributed by atoms with Crippen LogP contribution < -0.4 is 15.2 Å². The number of methoxy groups -OCH3 is 1. The van der Waals surface area contributed by atoms with Crippen LogP contribution in [0.4, 0.5) is 20.2 Å². The lowest BCUT2D eigenvalue weighted by atomic mass is 9.99. The van der Waals surface area contributed by atoms with E-state index in [2.05, 4.69) is 0 Å². The summed E-state index contributed by atoms with van der Waals surface area (Å²) in [5.74, 6) is -0.206. The van der Waals surface area contributed by atoms with Crippen LogP contribution >= 0.6 is 0 Å². The van der Waals surface area contributed by atoms with Gasteiger partial charge in [0.05, 0.1) is 17.6 Å². The lowest BCUT2D eigenvalue weighted by Crippen LogP contribution is -2.10. The molecule has 10 heteroatoms. The Bertz CT molecular complexity index is 1160. The van der Waals surface area contributed by atoms with E-state index in [9.17, 15) is 24.0 Å². The number of aryl methyl sites for hydroxylation is 1. The highest BCUT2D eigenvalue weighted by Gasteiger charge is 2.29. The molecule has 0 saturated heterocycles. The topological polar surface area (TPSA) is 121 Å². The fourth-order valence-electron chi connectivity index (χ4n) is 3.31. The molecule has 0 saturated carbocycles. The van der Waals surface area contributed by atoms with Crippen molar-refractivity contribution < 1.29 is 32.7 Å². The number of aromatic hydroxyl groups is 1. The van der Waals surface area contributed by atoms with Gasteiger partial charge in [-0.2, -0.15) is 0 Å². The summed E-state index contributed by atoms with van der Waals surface area (Å²) in [4.78, 5) is 10.5. The molecule has 0 aliphatic carbocycles. The minimum atomic E-state index is -2.83. The molecule has 30 heavy (non-hydrogen) atoms. The number of nitro benzene ring substituents is 1. The van der Waals surface area contributed by atoms with Gasteiger partial charge in [-0.1, -0.05) is 0 Å². The van der Waals surface area contributed by atoms with Crippen molar-refractivity contribution in [3.63, 3.8) is 0 Å².